The van der Waals surface area contributed by atoms with E-state index >= 15 is 0 Å². The zero-order chi connectivity index (χ0) is 44.9. The molecule has 9 nitrogen and oxygen atoms in total. The summed E-state index contributed by atoms with van der Waals surface area (Å²) in [6.07, 6.45) is 0. The smallest absolute Gasteiger partial charge is 0.0503 e. The number of benzene rings is 7. The maximum Gasteiger partial charge on any atom is 0.0503 e. The largest absolute Gasteiger partial charge is 0.378 e. The van der Waals surface area contributed by atoms with Crippen molar-refractivity contribution >= 4 is 85.3 Å². The molecule has 0 fully saturated rings. The predicted molar refractivity (Wildman–Crippen MR) is 276 cm³/mol. The molecule has 9 heteroatoms. The number of nitrogens with zero attached hydrogens (tertiary/aromatic N) is 9. The monoisotopic (exact) mass is 838 g/mol. The molecule has 0 atom stereocenters. The Hall–Kier alpha value is -7.26. The fourth-order valence-corrected chi connectivity index (χ4v) is 7.71. The van der Waals surface area contributed by atoms with Gasteiger partial charge in [0.2, 0.25) is 0 Å². The molecule has 0 aromatic heterocycles. The average molecular weight is 838 g/mol. The minimum absolute atomic E-state index is 1.01. The quantitative estimate of drug-likeness (QED) is 0.100. The van der Waals surface area contributed by atoms with E-state index in [4.69, 9.17) is 0 Å². The van der Waals surface area contributed by atoms with Crippen LogP contribution in [0.2, 0.25) is 0 Å². The van der Waals surface area contributed by atoms with Gasteiger partial charge in [0.15, 0.2) is 0 Å². The van der Waals surface area contributed by atoms with E-state index in [0.717, 1.165) is 85.3 Å². The first-order valence-electron chi connectivity index (χ1n) is 21.4. The number of rotatable bonds is 15. The lowest BCUT2D eigenvalue weighted by atomic mass is 10.1. The summed E-state index contributed by atoms with van der Waals surface area (Å²) in [6.45, 7) is 0. The van der Waals surface area contributed by atoms with Crippen LogP contribution in [0.5, 0.6) is 0 Å². The van der Waals surface area contributed by atoms with Crippen LogP contribution in [0.1, 0.15) is 0 Å². The fraction of sp³-hybridized carbons (Fsp3) is 0.222. The lowest BCUT2D eigenvalue weighted by Gasteiger charge is -2.33. The minimum Gasteiger partial charge on any atom is -0.378 e. The van der Waals surface area contributed by atoms with Gasteiger partial charge < -0.3 is 44.1 Å². The van der Waals surface area contributed by atoms with E-state index in [1.54, 1.807) is 0 Å². The zero-order valence-corrected chi connectivity index (χ0v) is 39.1. The summed E-state index contributed by atoms with van der Waals surface area (Å²) in [5.74, 6) is 0. The molecule has 7 aromatic carbocycles. The Kier molecular flexibility index (Phi) is 13.1. The van der Waals surface area contributed by atoms with E-state index in [1.165, 1.54) is 0 Å². The fourth-order valence-electron chi connectivity index (χ4n) is 7.71. The van der Waals surface area contributed by atoms with Crippen molar-refractivity contribution in [3.63, 3.8) is 0 Å². The molecule has 0 aliphatic rings. The molecule has 7 aromatic rings. The molecule has 0 saturated carbocycles. The van der Waals surface area contributed by atoms with Gasteiger partial charge in [-0.15, -0.1) is 0 Å². The first-order chi connectivity index (χ1) is 30.2. The molecule has 324 valence electrons. The topological polar surface area (TPSA) is 29.2 Å². The van der Waals surface area contributed by atoms with Crippen LogP contribution >= 0.6 is 0 Å². The summed E-state index contributed by atoms with van der Waals surface area (Å²) < 4.78 is 0. The molecule has 0 radical (unpaired) electrons. The van der Waals surface area contributed by atoms with Gasteiger partial charge in [-0.2, -0.15) is 0 Å². The normalized spacial score (nSPS) is 10.9. The Balaban J connectivity index is 1.55. The molecule has 0 unspecified atom stereocenters. The van der Waals surface area contributed by atoms with E-state index in [-0.39, 0.29) is 0 Å². The van der Waals surface area contributed by atoms with Gasteiger partial charge in [0, 0.05) is 153 Å². The van der Waals surface area contributed by atoms with E-state index in [2.05, 4.69) is 292 Å². The molecular weight excluding hydrogens is 775 g/mol. The van der Waals surface area contributed by atoms with Crippen molar-refractivity contribution in [2.75, 3.05) is 129 Å². The van der Waals surface area contributed by atoms with Crippen LogP contribution in [0.15, 0.2) is 164 Å². The second kappa shape index (κ2) is 18.8. The van der Waals surface area contributed by atoms with Crippen LogP contribution in [0.4, 0.5) is 85.3 Å². The molecule has 0 spiro atoms. The van der Waals surface area contributed by atoms with E-state index in [0.29, 0.717) is 0 Å². The molecule has 0 N–H and O–H groups in total. The maximum atomic E-state index is 2.37. The van der Waals surface area contributed by atoms with E-state index < -0.39 is 0 Å². The van der Waals surface area contributed by atoms with Crippen molar-refractivity contribution < 1.29 is 0 Å². The highest BCUT2D eigenvalue weighted by Gasteiger charge is 2.23. The van der Waals surface area contributed by atoms with Crippen LogP contribution < -0.4 is 44.1 Å². The molecule has 0 aliphatic carbocycles. The summed E-state index contributed by atoms with van der Waals surface area (Å²) in [6, 6.07) is 59.9. The maximum absolute atomic E-state index is 2.37. The van der Waals surface area contributed by atoms with Crippen LogP contribution in [0.3, 0.4) is 0 Å². The van der Waals surface area contributed by atoms with Gasteiger partial charge in [-0.3, -0.25) is 0 Å². The molecular formula is C54H63N9. The molecule has 0 heterocycles. The highest BCUT2D eigenvalue weighted by atomic mass is 15.2. The number of hydrogen-bond acceptors (Lipinski definition) is 9. The van der Waals surface area contributed by atoms with Gasteiger partial charge in [-0.05, 0) is 164 Å². The van der Waals surface area contributed by atoms with Gasteiger partial charge in [0.25, 0.3) is 0 Å². The van der Waals surface area contributed by atoms with Crippen molar-refractivity contribution in [1.82, 2.24) is 0 Å². The minimum atomic E-state index is 1.01. The summed E-state index contributed by atoms with van der Waals surface area (Å²) in [5.41, 5.74) is 16.2. The Bertz CT molecular complexity index is 2090. The SMILES string of the molecule is CN(C)c1ccc(N(c2ccc(N(C)C)cc2)c2cc(N(c3ccc(N(C)C)cc3)c3ccc(N(C)C)cc3)cc(N(c3ccc(N(C)C)cc3)c3ccc(N(C)C)cc3)c2)cc1. The predicted octanol–water partition coefficient (Wildman–Crippen LogP) is 12.5. The van der Waals surface area contributed by atoms with Crippen molar-refractivity contribution in [2.45, 2.75) is 0 Å². The average Bonchev–Trinajstić information content (AvgIpc) is 3.28. The van der Waals surface area contributed by atoms with Crippen LogP contribution in [-0.2, 0) is 0 Å². The second-order valence-corrected chi connectivity index (χ2v) is 17.2. The summed E-state index contributed by atoms with van der Waals surface area (Å²) in [5, 5.41) is 0. The molecule has 63 heavy (non-hydrogen) atoms. The molecule has 0 aliphatic heterocycles. The lowest BCUT2D eigenvalue weighted by Crippen LogP contribution is -2.17. The summed E-state index contributed by atoms with van der Waals surface area (Å²) in [7, 11) is 25.0. The Morgan fingerprint density at radius 1 is 0.159 bits per heavy atom. The van der Waals surface area contributed by atoms with E-state index in [9.17, 15) is 0 Å². The standard InChI is InChI=1S/C54H63N9/c1-55(2)40-13-25-46(26-14-40)61(47-27-15-41(16-28-47)56(3)4)52-37-53(62(48-29-17-42(18-30-48)57(5)6)49-31-19-43(20-32-49)58(7)8)39-54(38-52)63(50-33-21-44(22-34-50)59(9)10)51-35-23-45(24-36-51)60(11)12/h13-39H,1-12H3. The van der Waals surface area contributed by atoms with Gasteiger partial charge in [-0.1, -0.05) is 0 Å². The highest BCUT2D eigenvalue weighted by molar-refractivity contribution is 5.90. The Morgan fingerprint density at radius 3 is 0.381 bits per heavy atom. The van der Waals surface area contributed by atoms with Crippen molar-refractivity contribution in [1.29, 1.82) is 0 Å². The van der Waals surface area contributed by atoms with Crippen LogP contribution in [0.25, 0.3) is 0 Å². The first-order valence-corrected chi connectivity index (χ1v) is 21.4. The van der Waals surface area contributed by atoms with Gasteiger partial charge >= 0.3 is 0 Å². The molecule has 0 amide bonds. The first kappa shape index (κ1) is 43.8. The third kappa shape index (κ3) is 9.79. The molecule has 7 rings (SSSR count). The van der Waals surface area contributed by atoms with Crippen LogP contribution in [-0.4, -0.2) is 84.6 Å². The Morgan fingerprint density at radius 2 is 0.270 bits per heavy atom. The van der Waals surface area contributed by atoms with Gasteiger partial charge in [-0.25, -0.2) is 0 Å². The molecule has 0 saturated heterocycles. The van der Waals surface area contributed by atoms with Crippen LogP contribution in [0, 0.1) is 0 Å². The number of anilines is 15. The third-order valence-electron chi connectivity index (χ3n) is 11.4. The second-order valence-electron chi connectivity index (χ2n) is 17.2. The van der Waals surface area contributed by atoms with Crippen molar-refractivity contribution in [3.8, 4) is 0 Å². The summed E-state index contributed by atoms with van der Waals surface area (Å²) >= 11 is 0. The van der Waals surface area contributed by atoms with Gasteiger partial charge in [0.05, 0.1) is 17.1 Å². The molecule has 0 bridgehead atoms. The Labute approximate surface area is 376 Å². The third-order valence-corrected chi connectivity index (χ3v) is 11.4. The zero-order valence-electron chi connectivity index (χ0n) is 39.1. The summed E-state index contributed by atoms with van der Waals surface area (Å²) in [4.78, 5) is 20.0. The van der Waals surface area contributed by atoms with E-state index in [1.807, 2.05) is 0 Å². The van der Waals surface area contributed by atoms with Gasteiger partial charge in [0.1, 0.15) is 0 Å². The highest BCUT2D eigenvalue weighted by Crippen LogP contribution is 2.47. The van der Waals surface area contributed by atoms with Crippen molar-refractivity contribution in [2.24, 2.45) is 0 Å². The number of hydrogen-bond donors (Lipinski definition) is 0. The van der Waals surface area contributed by atoms with Crippen molar-refractivity contribution in [3.05, 3.63) is 164 Å². The lowest BCUT2D eigenvalue weighted by molar-refractivity contribution is 1.12.